The quantitative estimate of drug-likeness (QED) is 0.719. The fourth-order valence-electron chi connectivity index (χ4n) is 2.36. The summed E-state index contributed by atoms with van der Waals surface area (Å²) >= 11 is 0. The van der Waals surface area contributed by atoms with Crippen LogP contribution in [0.2, 0.25) is 0 Å². The molecule has 2 fully saturated rings. The van der Waals surface area contributed by atoms with E-state index in [2.05, 4.69) is 12.2 Å². The van der Waals surface area contributed by atoms with Crippen LogP contribution < -0.4 is 5.32 Å². The summed E-state index contributed by atoms with van der Waals surface area (Å²) in [5, 5.41) is 3.36. The summed E-state index contributed by atoms with van der Waals surface area (Å²) < 4.78 is 5.32. The maximum absolute atomic E-state index is 12.0. The second-order valence-electron chi connectivity index (χ2n) is 4.51. The number of carbonyl (C=O) groups excluding carboxylic acids is 1. The van der Waals surface area contributed by atoms with Gasteiger partial charge in [0.2, 0.25) is 5.91 Å². The van der Waals surface area contributed by atoms with Crippen molar-refractivity contribution < 1.29 is 9.53 Å². The maximum atomic E-state index is 12.0. The first-order valence-electron chi connectivity index (χ1n) is 5.88. The van der Waals surface area contributed by atoms with Crippen molar-refractivity contribution in [3.05, 3.63) is 0 Å². The summed E-state index contributed by atoms with van der Waals surface area (Å²) in [6, 6.07) is 0.653. The Morgan fingerprint density at radius 1 is 1.60 bits per heavy atom. The van der Waals surface area contributed by atoms with E-state index < -0.39 is 0 Å². The van der Waals surface area contributed by atoms with E-state index in [0.717, 1.165) is 19.5 Å². The highest BCUT2D eigenvalue weighted by atomic mass is 16.5. The van der Waals surface area contributed by atoms with E-state index in [4.69, 9.17) is 4.74 Å². The molecule has 15 heavy (non-hydrogen) atoms. The molecule has 0 aromatic rings. The van der Waals surface area contributed by atoms with Gasteiger partial charge in [0.05, 0.1) is 19.3 Å². The Kier molecular flexibility index (Phi) is 3.59. The lowest BCUT2D eigenvalue weighted by Gasteiger charge is -2.34. The summed E-state index contributed by atoms with van der Waals surface area (Å²) in [5.74, 6) is 0.283. The van der Waals surface area contributed by atoms with Gasteiger partial charge in [-0.25, -0.2) is 0 Å². The predicted octanol–water partition coefficient (Wildman–Crippen LogP) is 0.376. The van der Waals surface area contributed by atoms with E-state index in [-0.39, 0.29) is 11.9 Å². The second kappa shape index (κ2) is 4.94. The van der Waals surface area contributed by atoms with Crippen molar-refractivity contribution in [2.75, 3.05) is 26.3 Å². The molecule has 4 heteroatoms. The Hall–Kier alpha value is -0.610. The molecule has 0 aliphatic carbocycles. The molecule has 86 valence electrons. The molecule has 0 aromatic heterocycles. The minimum absolute atomic E-state index is 0.243. The number of hydrogen-bond donors (Lipinski definition) is 1. The Morgan fingerprint density at radius 3 is 3.13 bits per heavy atom. The van der Waals surface area contributed by atoms with Gasteiger partial charge in [-0.05, 0) is 26.3 Å². The Balaban J connectivity index is 1.83. The molecule has 1 amide bonds. The average Bonchev–Trinajstić information content (AvgIpc) is 2.71. The van der Waals surface area contributed by atoms with E-state index in [1.54, 1.807) is 0 Å². The van der Waals surface area contributed by atoms with Crippen LogP contribution in [0.1, 0.15) is 26.2 Å². The third kappa shape index (κ3) is 2.69. The largest absolute Gasteiger partial charge is 0.377 e. The molecule has 2 saturated heterocycles. The average molecular weight is 212 g/mol. The first-order valence-corrected chi connectivity index (χ1v) is 5.88. The molecule has 4 nitrogen and oxygen atoms in total. The third-order valence-corrected chi connectivity index (χ3v) is 3.27. The summed E-state index contributed by atoms with van der Waals surface area (Å²) in [5.41, 5.74) is 0. The summed E-state index contributed by atoms with van der Waals surface area (Å²) in [7, 11) is 0. The van der Waals surface area contributed by atoms with Crippen molar-refractivity contribution in [2.24, 2.45) is 0 Å². The summed E-state index contributed by atoms with van der Waals surface area (Å²) in [6.07, 6.45) is 3.01. The molecule has 2 atom stereocenters. The SMILES string of the molecule is CC1COCCN1C(=O)CC1CCCN1. The second-order valence-corrected chi connectivity index (χ2v) is 4.51. The maximum Gasteiger partial charge on any atom is 0.224 e. The van der Waals surface area contributed by atoms with Gasteiger partial charge >= 0.3 is 0 Å². The van der Waals surface area contributed by atoms with Gasteiger partial charge in [0.15, 0.2) is 0 Å². The van der Waals surface area contributed by atoms with Gasteiger partial charge in [-0.15, -0.1) is 0 Å². The van der Waals surface area contributed by atoms with Crippen LogP contribution in [0.5, 0.6) is 0 Å². The van der Waals surface area contributed by atoms with Crippen LogP contribution in [0.3, 0.4) is 0 Å². The number of nitrogens with one attached hydrogen (secondary N) is 1. The van der Waals surface area contributed by atoms with Crippen molar-refractivity contribution in [2.45, 2.75) is 38.3 Å². The molecule has 2 aliphatic heterocycles. The van der Waals surface area contributed by atoms with E-state index in [0.29, 0.717) is 25.7 Å². The number of nitrogens with zero attached hydrogens (tertiary/aromatic N) is 1. The fraction of sp³-hybridized carbons (Fsp3) is 0.909. The first kappa shape index (κ1) is 10.9. The predicted molar refractivity (Wildman–Crippen MR) is 57.6 cm³/mol. The van der Waals surface area contributed by atoms with Crippen molar-refractivity contribution in [3.63, 3.8) is 0 Å². The topological polar surface area (TPSA) is 41.6 Å². The Morgan fingerprint density at radius 2 is 2.47 bits per heavy atom. The third-order valence-electron chi connectivity index (χ3n) is 3.27. The molecule has 1 N–H and O–H groups in total. The molecule has 0 aromatic carbocycles. The van der Waals surface area contributed by atoms with Crippen LogP contribution in [-0.4, -0.2) is 49.2 Å². The Bertz CT molecular complexity index is 227. The van der Waals surface area contributed by atoms with Crippen LogP contribution in [0, 0.1) is 0 Å². The zero-order chi connectivity index (χ0) is 10.7. The van der Waals surface area contributed by atoms with Crippen LogP contribution in [0.15, 0.2) is 0 Å². The van der Waals surface area contributed by atoms with Crippen LogP contribution in [0.4, 0.5) is 0 Å². The van der Waals surface area contributed by atoms with Crippen LogP contribution in [-0.2, 0) is 9.53 Å². The number of amides is 1. The van der Waals surface area contributed by atoms with Crippen molar-refractivity contribution in [3.8, 4) is 0 Å². The molecule has 0 saturated carbocycles. The minimum atomic E-state index is 0.243. The van der Waals surface area contributed by atoms with Crippen molar-refractivity contribution in [1.29, 1.82) is 0 Å². The number of hydrogen-bond acceptors (Lipinski definition) is 3. The molecule has 2 heterocycles. The molecule has 2 rings (SSSR count). The highest BCUT2D eigenvalue weighted by Crippen LogP contribution is 2.13. The number of carbonyl (C=O) groups is 1. The molecule has 2 aliphatic rings. The number of rotatable bonds is 2. The van der Waals surface area contributed by atoms with Crippen molar-refractivity contribution in [1.82, 2.24) is 10.2 Å². The Labute approximate surface area is 91.0 Å². The van der Waals surface area contributed by atoms with Gasteiger partial charge < -0.3 is 15.0 Å². The van der Waals surface area contributed by atoms with Crippen LogP contribution >= 0.6 is 0 Å². The standard InChI is InChI=1S/C11H20N2O2/c1-9-8-15-6-5-13(9)11(14)7-10-3-2-4-12-10/h9-10,12H,2-8H2,1H3. The molecule has 0 bridgehead atoms. The lowest BCUT2D eigenvalue weighted by molar-refractivity contribution is -0.139. The molecular formula is C11H20N2O2. The lowest BCUT2D eigenvalue weighted by Crippen LogP contribution is -2.48. The highest BCUT2D eigenvalue weighted by molar-refractivity contribution is 5.77. The normalized spacial score (nSPS) is 31.9. The lowest BCUT2D eigenvalue weighted by atomic mass is 10.1. The van der Waals surface area contributed by atoms with Gasteiger partial charge in [-0.3, -0.25) is 4.79 Å². The van der Waals surface area contributed by atoms with E-state index in [1.165, 1.54) is 6.42 Å². The van der Waals surface area contributed by atoms with Gasteiger partial charge in [0.25, 0.3) is 0 Å². The summed E-state index contributed by atoms with van der Waals surface area (Å²) in [4.78, 5) is 14.0. The van der Waals surface area contributed by atoms with E-state index >= 15 is 0 Å². The zero-order valence-corrected chi connectivity index (χ0v) is 9.37. The molecular weight excluding hydrogens is 192 g/mol. The van der Waals surface area contributed by atoms with Gasteiger partial charge in [-0.1, -0.05) is 0 Å². The van der Waals surface area contributed by atoms with Crippen molar-refractivity contribution >= 4 is 5.91 Å². The van der Waals surface area contributed by atoms with E-state index in [1.807, 2.05) is 4.90 Å². The van der Waals surface area contributed by atoms with E-state index in [9.17, 15) is 4.79 Å². The smallest absolute Gasteiger partial charge is 0.224 e. The zero-order valence-electron chi connectivity index (χ0n) is 9.37. The van der Waals surface area contributed by atoms with Gasteiger partial charge in [0.1, 0.15) is 0 Å². The molecule has 0 spiro atoms. The molecule has 2 unspecified atom stereocenters. The number of morpholine rings is 1. The fourth-order valence-corrected chi connectivity index (χ4v) is 2.36. The monoisotopic (exact) mass is 212 g/mol. The molecule has 0 radical (unpaired) electrons. The highest BCUT2D eigenvalue weighted by Gasteiger charge is 2.26. The van der Waals surface area contributed by atoms with Gasteiger partial charge in [0, 0.05) is 19.0 Å². The first-order chi connectivity index (χ1) is 7.27. The number of ether oxygens (including phenoxy) is 1. The minimum Gasteiger partial charge on any atom is -0.377 e. The summed E-state index contributed by atoms with van der Waals surface area (Å²) in [6.45, 7) is 5.25. The van der Waals surface area contributed by atoms with Gasteiger partial charge in [-0.2, -0.15) is 0 Å². The van der Waals surface area contributed by atoms with Crippen LogP contribution in [0.25, 0.3) is 0 Å².